The maximum Gasteiger partial charge on any atom is 0.315 e. The number of amides is 2. The fraction of sp³-hybridized carbons (Fsp3) is 0.923. The van der Waals surface area contributed by atoms with Crippen LogP contribution in [0.5, 0.6) is 0 Å². The van der Waals surface area contributed by atoms with Crippen LogP contribution in [-0.2, 0) is 4.74 Å². The fourth-order valence-electron chi connectivity index (χ4n) is 2.34. The molecular weight excluding hydrogens is 248 g/mol. The quantitative estimate of drug-likeness (QED) is 0.782. The van der Waals surface area contributed by atoms with E-state index in [-0.39, 0.29) is 12.1 Å². The molecule has 106 valence electrons. The van der Waals surface area contributed by atoms with E-state index >= 15 is 0 Å². The summed E-state index contributed by atoms with van der Waals surface area (Å²) < 4.78 is 5.00. The lowest BCUT2D eigenvalue weighted by Crippen LogP contribution is -2.50. The Morgan fingerprint density at radius 2 is 2.17 bits per heavy atom. The largest absolute Gasteiger partial charge is 0.385 e. The van der Waals surface area contributed by atoms with E-state index in [0.717, 1.165) is 12.8 Å². The summed E-state index contributed by atoms with van der Waals surface area (Å²) in [5, 5.41) is 6.65. The number of methoxy groups -OCH3 is 1. The van der Waals surface area contributed by atoms with E-state index in [0.29, 0.717) is 17.9 Å². The van der Waals surface area contributed by atoms with Crippen LogP contribution in [0.15, 0.2) is 0 Å². The highest BCUT2D eigenvalue weighted by molar-refractivity contribution is 7.99. The van der Waals surface area contributed by atoms with Gasteiger partial charge in [0.2, 0.25) is 0 Å². The molecule has 0 aromatic carbocycles. The SMILES string of the molecule is COCC[C@H](C)NC(=O)N[C@H]1CCCC[C@@H]1SC. The van der Waals surface area contributed by atoms with E-state index in [9.17, 15) is 4.79 Å². The Labute approximate surface area is 115 Å². The Morgan fingerprint density at radius 1 is 1.44 bits per heavy atom. The normalized spacial score (nSPS) is 25.5. The van der Waals surface area contributed by atoms with Gasteiger partial charge in [-0.05, 0) is 32.4 Å². The summed E-state index contributed by atoms with van der Waals surface area (Å²) in [6.45, 7) is 2.68. The van der Waals surface area contributed by atoms with Crippen molar-refractivity contribution in [2.45, 2.75) is 56.4 Å². The fourth-order valence-corrected chi connectivity index (χ4v) is 3.28. The van der Waals surface area contributed by atoms with Crippen LogP contribution in [0.2, 0.25) is 0 Å². The number of ether oxygens (including phenoxy) is 1. The van der Waals surface area contributed by atoms with Crippen LogP contribution in [0.1, 0.15) is 39.0 Å². The molecule has 5 heteroatoms. The highest BCUT2D eigenvalue weighted by Crippen LogP contribution is 2.26. The number of nitrogens with one attached hydrogen (secondary N) is 2. The number of carbonyl (C=O) groups is 1. The molecule has 2 N–H and O–H groups in total. The molecule has 0 aromatic heterocycles. The second-order valence-corrected chi connectivity index (χ2v) is 6.04. The average molecular weight is 274 g/mol. The summed E-state index contributed by atoms with van der Waals surface area (Å²) in [5.74, 6) is 0. The van der Waals surface area contributed by atoms with Gasteiger partial charge in [0.1, 0.15) is 0 Å². The number of rotatable bonds is 6. The van der Waals surface area contributed by atoms with E-state index in [2.05, 4.69) is 16.9 Å². The number of thioether (sulfide) groups is 1. The van der Waals surface area contributed by atoms with Gasteiger partial charge < -0.3 is 15.4 Å². The standard InChI is InChI=1S/C13H26N2O2S/c1-10(8-9-17-2)14-13(16)15-11-6-4-5-7-12(11)18-3/h10-12H,4-9H2,1-3H3,(H2,14,15,16)/t10-,11-,12-/m0/s1. The van der Waals surface area contributed by atoms with Gasteiger partial charge >= 0.3 is 6.03 Å². The second-order valence-electron chi connectivity index (χ2n) is 4.97. The second kappa shape index (κ2) is 8.64. The third-order valence-corrected chi connectivity index (χ3v) is 4.62. The maximum atomic E-state index is 11.9. The van der Waals surface area contributed by atoms with Gasteiger partial charge in [-0.1, -0.05) is 12.8 Å². The van der Waals surface area contributed by atoms with Gasteiger partial charge in [-0.15, -0.1) is 0 Å². The molecule has 1 aliphatic rings. The number of urea groups is 1. The minimum atomic E-state index is -0.0375. The first-order valence-electron chi connectivity index (χ1n) is 6.76. The summed E-state index contributed by atoms with van der Waals surface area (Å²) in [6, 6.07) is 0.439. The molecule has 0 unspecified atom stereocenters. The van der Waals surface area contributed by atoms with Crippen LogP contribution in [0.4, 0.5) is 4.79 Å². The summed E-state index contributed by atoms with van der Waals surface area (Å²) in [4.78, 5) is 11.9. The lowest BCUT2D eigenvalue weighted by atomic mass is 9.95. The van der Waals surface area contributed by atoms with Crippen molar-refractivity contribution in [2.24, 2.45) is 0 Å². The monoisotopic (exact) mass is 274 g/mol. The van der Waals surface area contributed by atoms with Crippen molar-refractivity contribution in [3.8, 4) is 0 Å². The van der Waals surface area contributed by atoms with Crippen LogP contribution in [0.25, 0.3) is 0 Å². The molecular formula is C13H26N2O2S. The Balaban J connectivity index is 2.29. The Hall–Kier alpha value is -0.420. The highest BCUT2D eigenvalue weighted by atomic mass is 32.2. The van der Waals surface area contributed by atoms with Crippen LogP contribution in [-0.4, -0.2) is 43.3 Å². The highest BCUT2D eigenvalue weighted by Gasteiger charge is 2.25. The molecule has 0 spiro atoms. The first-order valence-corrected chi connectivity index (χ1v) is 8.05. The Morgan fingerprint density at radius 3 is 2.83 bits per heavy atom. The minimum Gasteiger partial charge on any atom is -0.385 e. The lowest BCUT2D eigenvalue weighted by molar-refractivity contribution is 0.183. The zero-order valence-corrected chi connectivity index (χ0v) is 12.5. The average Bonchev–Trinajstić information content (AvgIpc) is 2.36. The zero-order chi connectivity index (χ0) is 13.4. The van der Waals surface area contributed by atoms with E-state index in [1.54, 1.807) is 7.11 Å². The van der Waals surface area contributed by atoms with Crippen LogP contribution in [0.3, 0.4) is 0 Å². The molecule has 0 radical (unpaired) electrons. The summed E-state index contributed by atoms with van der Waals surface area (Å²) in [6.07, 6.45) is 7.80. The molecule has 1 rings (SSSR count). The Bertz CT molecular complexity index is 251. The third kappa shape index (κ3) is 5.48. The third-order valence-electron chi connectivity index (χ3n) is 3.45. The lowest BCUT2D eigenvalue weighted by Gasteiger charge is -2.31. The minimum absolute atomic E-state index is 0.0375. The van der Waals surface area contributed by atoms with Crippen molar-refractivity contribution < 1.29 is 9.53 Å². The van der Waals surface area contributed by atoms with Crippen molar-refractivity contribution >= 4 is 17.8 Å². The van der Waals surface area contributed by atoms with Crippen molar-refractivity contribution in [1.29, 1.82) is 0 Å². The van der Waals surface area contributed by atoms with E-state index < -0.39 is 0 Å². The summed E-state index contributed by atoms with van der Waals surface area (Å²) in [5.41, 5.74) is 0. The van der Waals surface area contributed by atoms with Gasteiger partial charge in [0, 0.05) is 31.1 Å². The van der Waals surface area contributed by atoms with E-state index in [4.69, 9.17) is 4.74 Å². The topological polar surface area (TPSA) is 50.4 Å². The van der Waals surface area contributed by atoms with Crippen molar-refractivity contribution in [3.05, 3.63) is 0 Å². The summed E-state index contributed by atoms with van der Waals surface area (Å²) in [7, 11) is 1.68. The van der Waals surface area contributed by atoms with Gasteiger partial charge in [0.15, 0.2) is 0 Å². The van der Waals surface area contributed by atoms with Gasteiger partial charge in [-0.25, -0.2) is 4.79 Å². The molecule has 1 fully saturated rings. The van der Waals surface area contributed by atoms with Crippen LogP contribution in [0, 0.1) is 0 Å². The first-order chi connectivity index (χ1) is 8.67. The molecule has 0 aliphatic heterocycles. The zero-order valence-electron chi connectivity index (χ0n) is 11.7. The van der Waals surface area contributed by atoms with Crippen molar-refractivity contribution in [3.63, 3.8) is 0 Å². The molecule has 3 atom stereocenters. The van der Waals surface area contributed by atoms with Gasteiger partial charge in [0.25, 0.3) is 0 Å². The first kappa shape index (κ1) is 15.6. The van der Waals surface area contributed by atoms with Crippen molar-refractivity contribution in [1.82, 2.24) is 10.6 Å². The Kier molecular flexibility index (Phi) is 7.51. The molecule has 0 heterocycles. The molecule has 2 amide bonds. The number of hydrogen-bond acceptors (Lipinski definition) is 3. The predicted octanol–water partition coefficient (Wildman–Crippen LogP) is 2.38. The summed E-state index contributed by atoms with van der Waals surface area (Å²) >= 11 is 1.87. The van der Waals surface area contributed by atoms with Crippen LogP contribution >= 0.6 is 11.8 Å². The molecule has 1 saturated carbocycles. The van der Waals surface area contributed by atoms with Gasteiger partial charge in [-0.3, -0.25) is 0 Å². The molecule has 0 bridgehead atoms. The van der Waals surface area contributed by atoms with E-state index in [1.165, 1.54) is 19.3 Å². The van der Waals surface area contributed by atoms with Gasteiger partial charge in [0.05, 0.1) is 0 Å². The molecule has 1 aliphatic carbocycles. The predicted molar refractivity (Wildman–Crippen MR) is 77.2 cm³/mol. The molecule has 0 aromatic rings. The molecule has 0 saturated heterocycles. The molecule has 18 heavy (non-hydrogen) atoms. The number of hydrogen-bond donors (Lipinski definition) is 2. The van der Waals surface area contributed by atoms with Gasteiger partial charge in [-0.2, -0.15) is 11.8 Å². The van der Waals surface area contributed by atoms with E-state index in [1.807, 2.05) is 18.7 Å². The van der Waals surface area contributed by atoms with Crippen molar-refractivity contribution in [2.75, 3.05) is 20.0 Å². The maximum absolute atomic E-state index is 11.9. The molecule has 4 nitrogen and oxygen atoms in total. The van der Waals surface area contributed by atoms with Crippen LogP contribution < -0.4 is 10.6 Å². The number of carbonyl (C=O) groups excluding carboxylic acids is 1. The smallest absolute Gasteiger partial charge is 0.315 e.